The zero-order chi connectivity index (χ0) is 34.6. The van der Waals surface area contributed by atoms with Crippen LogP contribution in [0.2, 0.25) is 12.1 Å². The molecule has 1 spiro atoms. The van der Waals surface area contributed by atoms with Crippen molar-refractivity contribution in [2.75, 3.05) is 0 Å². The van der Waals surface area contributed by atoms with E-state index in [1.165, 1.54) is 113 Å². The maximum atomic E-state index is 2.56. The number of rotatable bonds is 3. The molecule has 0 nitrogen and oxygen atoms in total. The first kappa shape index (κ1) is 30.2. The summed E-state index contributed by atoms with van der Waals surface area (Å²) in [6.45, 7) is 4.74. The smallest absolute Gasteiger partial charge is 0.0623 e. The van der Waals surface area contributed by atoms with Gasteiger partial charge in [-0.05, 0) is 129 Å². The Morgan fingerprint density at radius 2 is 0.942 bits per heavy atom. The first-order valence-electron chi connectivity index (χ1n) is 19.1. The van der Waals surface area contributed by atoms with Gasteiger partial charge < -0.3 is 0 Å². The fraction of sp³-hybridized carbons (Fsp3) is 0.137. The third-order valence-electron chi connectivity index (χ3n) is 13.0. The summed E-state index contributed by atoms with van der Waals surface area (Å²) >= 11 is 0. The molecule has 0 unspecified atom stereocenters. The van der Waals surface area contributed by atoms with Crippen LogP contribution in [0.4, 0.5) is 0 Å². The molecule has 1 aliphatic carbocycles. The first-order chi connectivity index (χ1) is 25.5. The van der Waals surface area contributed by atoms with Gasteiger partial charge >= 0.3 is 0 Å². The van der Waals surface area contributed by atoms with E-state index in [2.05, 4.69) is 172 Å². The van der Waals surface area contributed by atoms with Gasteiger partial charge in [0.05, 0.1) is 0 Å². The van der Waals surface area contributed by atoms with Crippen LogP contribution < -0.4 is 10.4 Å². The van der Waals surface area contributed by atoms with Crippen LogP contribution in [0.15, 0.2) is 158 Å². The van der Waals surface area contributed by atoms with Crippen molar-refractivity contribution < 1.29 is 0 Å². The van der Waals surface area contributed by atoms with Crippen molar-refractivity contribution in [3.63, 3.8) is 0 Å². The predicted octanol–water partition coefficient (Wildman–Crippen LogP) is 12.6. The quantitative estimate of drug-likeness (QED) is 0.129. The maximum Gasteiger partial charge on any atom is 0.119 e. The minimum Gasteiger partial charge on any atom is -0.0623 e. The van der Waals surface area contributed by atoms with Crippen molar-refractivity contribution >= 4 is 40.0 Å². The minimum atomic E-state index is -1.68. The third-order valence-corrected chi connectivity index (χ3v) is 18.4. The van der Waals surface area contributed by atoms with E-state index >= 15 is 0 Å². The van der Waals surface area contributed by atoms with Crippen LogP contribution in [-0.4, -0.2) is 8.07 Å². The van der Waals surface area contributed by atoms with Crippen LogP contribution >= 0.6 is 0 Å². The summed E-state index contributed by atoms with van der Waals surface area (Å²) in [6, 6.07) is 63.3. The lowest BCUT2D eigenvalue weighted by molar-refractivity contribution is 0.660. The van der Waals surface area contributed by atoms with Crippen LogP contribution in [0.1, 0.15) is 37.8 Å². The Labute approximate surface area is 307 Å². The molecule has 0 saturated carbocycles. The average Bonchev–Trinajstić information content (AvgIpc) is 3.86. The maximum absolute atomic E-state index is 2.56. The highest BCUT2D eigenvalue weighted by Gasteiger charge is 2.47. The summed E-state index contributed by atoms with van der Waals surface area (Å²) < 4.78 is 0. The third kappa shape index (κ3) is 4.09. The van der Waals surface area contributed by atoms with E-state index in [1.54, 1.807) is 10.4 Å². The van der Waals surface area contributed by atoms with Crippen LogP contribution in [0.3, 0.4) is 0 Å². The second kappa shape index (κ2) is 11.0. The van der Waals surface area contributed by atoms with Crippen LogP contribution in [0.25, 0.3) is 77.2 Å². The number of hydrogen-bond acceptors (Lipinski definition) is 0. The van der Waals surface area contributed by atoms with Gasteiger partial charge in [-0.1, -0.05) is 166 Å². The molecule has 2 aliphatic heterocycles. The predicted molar refractivity (Wildman–Crippen MR) is 225 cm³/mol. The molecule has 0 aromatic heterocycles. The van der Waals surface area contributed by atoms with Crippen LogP contribution in [0.5, 0.6) is 0 Å². The molecule has 1 fully saturated rings. The molecule has 3 aliphatic rings. The Morgan fingerprint density at radius 3 is 1.73 bits per heavy atom. The molecule has 248 valence electrons. The number of benzene rings is 8. The lowest BCUT2D eigenvalue weighted by atomic mass is 9.81. The minimum absolute atomic E-state index is 0.0228. The molecule has 1 heteroatoms. The van der Waals surface area contributed by atoms with Gasteiger partial charge in [0.1, 0.15) is 8.07 Å². The van der Waals surface area contributed by atoms with E-state index in [0.29, 0.717) is 0 Å². The van der Waals surface area contributed by atoms with Crippen LogP contribution in [0, 0.1) is 0 Å². The lowest BCUT2D eigenvalue weighted by Gasteiger charge is -2.24. The van der Waals surface area contributed by atoms with Crippen molar-refractivity contribution in [3.8, 4) is 55.6 Å². The Morgan fingerprint density at radius 1 is 0.385 bits per heavy atom. The Kier molecular flexibility index (Phi) is 6.38. The van der Waals surface area contributed by atoms with E-state index in [4.69, 9.17) is 0 Å². The number of fused-ring (bicyclic) bond motifs is 10. The SMILES string of the molecule is CC1(C)c2ccccc2-c2cc(-c3c4ccccc4c(-c4ccc5c(c4)-c4ccccc4[Si]54CCCC4)c4ccc(-c5ccccc5)cc34)ccc21. The summed E-state index contributed by atoms with van der Waals surface area (Å²) in [4.78, 5) is 0. The molecule has 8 aromatic carbocycles. The molecule has 11 rings (SSSR count). The normalized spacial score (nSPS) is 15.9. The molecule has 2 heterocycles. The van der Waals surface area contributed by atoms with E-state index in [1.807, 2.05) is 0 Å². The topological polar surface area (TPSA) is 0 Å². The molecule has 52 heavy (non-hydrogen) atoms. The van der Waals surface area contributed by atoms with Gasteiger partial charge in [-0.2, -0.15) is 0 Å². The summed E-state index contributed by atoms with van der Waals surface area (Å²) in [6.07, 6.45) is 2.74. The van der Waals surface area contributed by atoms with Gasteiger partial charge in [-0.15, -0.1) is 0 Å². The summed E-state index contributed by atoms with van der Waals surface area (Å²) in [5, 5.41) is 8.60. The van der Waals surface area contributed by atoms with Crippen molar-refractivity contribution in [1.29, 1.82) is 0 Å². The lowest BCUT2D eigenvalue weighted by Crippen LogP contribution is -2.52. The number of hydrogen-bond donors (Lipinski definition) is 0. The van der Waals surface area contributed by atoms with Gasteiger partial charge in [0, 0.05) is 5.41 Å². The van der Waals surface area contributed by atoms with E-state index in [9.17, 15) is 0 Å². The molecule has 0 N–H and O–H groups in total. The fourth-order valence-corrected chi connectivity index (χ4v) is 16.2. The molecule has 1 saturated heterocycles. The van der Waals surface area contributed by atoms with Gasteiger partial charge in [-0.25, -0.2) is 0 Å². The van der Waals surface area contributed by atoms with E-state index < -0.39 is 8.07 Å². The Hall–Kier alpha value is -5.50. The second-order valence-electron chi connectivity index (χ2n) is 15.9. The highest BCUT2D eigenvalue weighted by atomic mass is 28.3. The molecule has 0 amide bonds. The van der Waals surface area contributed by atoms with Gasteiger partial charge in [-0.3, -0.25) is 0 Å². The molecule has 8 aromatic rings. The van der Waals surface area contributed by atoms with Crippen molar-refractivity contribution in [2.45, 2.75) is 44.2 Å². The van der Waals surface area contributed by atoms with Gasteiger partial charge in [0.2, 0.25) is 0 Å². The van der Waals surface area contributed by atoms with Gasteiger partial charge in [0.25, 0.3) is 0 Å². The molecule has 0 bridgehead atoms. The Balaban J connectivity index is 1.21. The molecular formula is C51H40Si. The van der Waals surface area contributed by atoms with Crippen molar-refractivity contribution in [2.24, 2.45) is 0 Å². The molecule has 0 atom stereocenters. The first-order valence-corrected chi connectivity index (χ1v) is 21.5. The zero-order valence-corrected chi connectivity index (χ0v) is 30.8. The Bertz CT molecular complexity index is 2760. The fourth-order valence-electron chi connectivity index (χ4n) is 10.6. The summed E-state index contributed by atoms with van der Waals surface area (Å²) in [7, 11) is -1.68. The molecule has 0 radical (unpaired) electrons. The zero-order valence-electron chi connectivity index (χ0n) is 29.8. The summed E-state index contributed by atoms with van der Waals surface area (Å²) in [5.74, 6) is 0. The second-order valence-corrected chi connectivity index (χ2v) is 20.2. The van der Waals surface area contributed by atoms with E-state index in [-0.39, 0.29) is 5.41 Å². The van der Waals surface area contributed by atoms with Gasteiger partial charge in [0.15, 0.2) is 0 Å². The standard InChI is InChI=1S/C51H40Si/c1-51(2)45-20-10-8-16-37(45)42-31-35(23-26-46(42)51)50-40-19-7-6-18-39(40)49(41-25-22-34(30-44(41)50)33-14-4-3-5-15-33)36-24-27-48-43(32-36)38-17-9-11-21-47(38)52(48)28-12-13-29-52/h3-11,14-27,30-32H,12-13,28-29H2,1-2H3. The summed E-state index contributed by atoms with van der Waals surface area (Å²) in [5.41, 5.74) is 16.3. The largest absolute Gasteiger partial charge is 0.119 e. The highest BCUT2D eigenvalue weighted by Crippen LogP contribution is 2.52. The van der Waals surface area contributed by atoms with Crippen molar-refractivity contribution in [1.82, 2.24) is 0 Å². The average molecular weight is 681 g/mol. The van der Waals surface area contributed by atoms with E-state index in [0.717, 1.165) is 0 Å². The van der Waals surface area contributed by atoms with Crippen molar-refractivity contribution in [3.05, 3.63) is 169 Å². The van der Waals surface area contributed by atoms with Crippen LogP contribution in [-0.2, 0) is 5.41 Å². The molecular weight excluding hydrogens is 641 g/mol. The monoisotopic (exact) mass is 680 g/mol. The highest BCUT2D eigenvalue weighted by molar-refractivity contribution is 7.06.